The number of carbonyl (C=O) groups is 3. The van der Waals surface area contributed by atoms with E-state index in [0.29, 0.717) is 19.3 Å². The van der Waals surface area contributed by atoms with E-state index in [1.165, 1.54) is 109 Å². The quantitative estimate of drug-likeness (QED) is 0.0261. The second-order valence-electron chi connectivity index (χ2n) is 21.6. The minimum Gasteiger partial charge on any atom is -0.462 e. The van der Waals surface area contributed by atoms with Crippen LogP contribution in [-0.2, 0) is 28.6 Å². The molecule has 454 valence electrons. The van der Waals surface area contributed by atoms with E-state index in [0.717, 1.165) is 148 Å². The van der Waals surface area contributed by atoms with Gasteiger partial charge < -0.3 is 14.2 Å². The van der Waals surface area contributed by atoms with Crippen LogP contribution in [0, 0.1) is 0 Å². The fourth-order valence-electron chi connectivity index (χ4n) is 8.88. The summed E-state index contributed by atoms with van der Waals surface area (Å²) in [6, 6.07) is 0. The normalized spacial score (nSPS) is 13.0. The average Bonchev–Trinajstić information content (AvgIpc) is 3.46. The zero-order chi connectivity index (χ0) is 57.8. The Morgan fingerprint density at radius 3 is 0.812 bits per heavy atom. The molecule has 0 aromatic carbocycles. The number of ether oxygens (including phenoxy) is 3. The van der Waals surface area contributed by atoms with Gasteiger partial charge >= 0.3 is 17.9 Å². The molecular weight excluding hydrogens is 985 g/mol. The van der Waals surface area contributed by atoms with Crippen molar-refractivity contribution >= 4 is 17.9 Å². The predicted molar refractivity (Wildman–Crippen MR) is 348 cm³/mol. The molecular formula is C74H122O6. The van der Waals surface area contributed by atoms with Gasteiger partial charge in [-0.3, -0.25) is 14.4 Å². The second kappa shape index (κ2) is 67.1. The Morgan fingerprint density at radius 1 is 0.263 bits per heavy atom. The molecule has 0 N–H and O–H groups in total. The van der Waals surface area contributed by atoms with Crippen LogP contribution in [0.25, 0.3) is 0 Å². The third-order valence-corrected chi connectivity index (χ3v) is 13.9. The Balaban J connectivity index is 4.22. The van der Waals surface area contributed by atoms with Gasteiger partial charge in [0, 0.05) is 19.3 Å². The molecule has 0 fully saturated rings. The van der Waals surface area contributed by atoms with Crippen LogP contribution < -0.4 is 0 Å². The zero-order valence-electron chi connectivity index (χ0n) is 52.0. The molecule has 0 aromatic heterocycles. The topological polar surface area (TPSA) is 78.9 Å². The maximum atomic E-state index is 12.9. The fraction of sp³-hybridized carbons (Fsp3) is 0.662. The molecule has 1 unspecified atom stereocenters. The molecule has 0 aliphatic heterocycles. The highest BCUT2D eigenvalue weighted by atomic mass is 16.6. The Morgan fingerprint density at radius 2 is 0.500 bits per heavy atom. The van der Waals surface area contributed by atoms with Gasteiger partial charge in [0.1, 0.15) is 13.2 Å². The van der Waals surface area contributed by atoms with Gasteiger partial charge in [-0.15, -0.1) is 0 Å². The van der Waals surface area contributed by atoms with Gasteiger partial charge in [-0.2, -0.15) is 0 Å². The summed E-state index contributed by atoms with van der Waals surface area (Å²) in [6.45, 7) is 6.45. The summed E-state index contributed by atoms with van der Waals surface area (Å²) in [5.74, 6) is -0.914. The van der Waals surface area contributed by atoms with Crippen LogP contribution in [0.15, 0.2) is 134 Å². The average molecular weight is 1110 g/mol. The summed E-state index contributed by atoms with van der Waals surface area (Å²) in [7, 11) is 0. The molecule has 0 aromatic rings. The highest BCUT2D eigenvalue weighted by molar-refractivity contribution is 5.71. The van der Waals surface area contributed by atoms with Crippen molar-refractivity contribution < 1.29 is 28.6 Å². The van der Waals surface area contributed by atoms with Gasteiger partial charge in [0.25, 0.3) is 0 Å². The highest BCUT2D eigenvalue weighted by Gasteiger charge is 2.19. The van der Waals surface area contributed by atoms with Crippen molar-refractivity contribution in [1.29, 1.82) is 0 Å². The molecule has 0 rings (SSSR count). The molecule has 0 aliphatic carbocycles. The SMILES string of the molecule is CC/C=C\C/C=C\C/C=C\C/C=C\C/C=C\C/C=C\C/C=C\C/C=C\CCCCCCCCCCCCC(=O)OCC(COC(=O)CCCCCCC/C=C\CCCCCC)OC(=O)CCCCCCC/C=C\C/C=C\CCCC. The Kier molecular flexibility index (Phi) is 63.3. The molecule has 0 saturated heterocycles. The largest absolute Gasteiger partial charge is 0.462 e. The first kappa shape index (κ1) is 75.5. The van der Waals surface area contributed by atoms with Crippen LogP contribution in [0.3, 0.4) is 0 Å². The van der Waals surface area contributed by atoms with Crippen molar-refractivity contribution in [3.8, 4) is 0 Å². The molecule has 0 amide bonds. The van der Waals surface area contributed by atoms with Gasteiger partial charge in [0.15, 0.2) is 6.10 Å². The first-order chi connectivity index (χ1) is 39.5. The number of carbonyl (C=O) groups excluding carboxylic acids is 3. The number of esters is 3. The number of rotatable bonds is 59. The lowest BCUT2D eigenvalue weighted by Crippen LogP contribution is -2.30. The van der Waals surface area contributed by atoms with E-state index in [1.807, 2.05) is 0 Å². The lowest BCUT2D eigenvalue weighted by molar-refractivity contribution is -0.167. The number of allylic oxidation sites excluding steroid dienone is 22. The monoisotopic (exact) mass is 1110 g/mol. The zero-order valence-corrected chi connectivity index (χ0v) is 52.0. The molecule has 0 saturated carbocycles. The second-order valence-corrected chi connectivity index (χ2v) is 21.6. The van der Waals surface area contributed by atoms with Crippen LogP contribution in [0.2, 0.25) is 0 Å². The lowest BCUT2D eigenvalue weighted by Gasteiger charge is -2.18. The van der Waals surface area contributed by atoms with E-state index in [4.69, 9.17) is 14.2 Å². The Bertz CT molecular complexity index is 1700. The number of unbranched alkanes of at least 4 members (excludes halogenated alkanes) is 26. The van der Waals surface area contributed by atoms with Gasteiger partial charge in [0.2, 0.25) is 0 Å². The third kappa shape index (κ3) is 64.4. The summed E-state index contributed by atoms with van der Waals surface area (Å²) in [6.07, 6.45) is 94.7. The van der Waals surface area contributed by atoms with Crippen LogP contribution in [0.4, 0.5) is 0 Å². The Labute approximate surface area is 494 Å². The van der Waals surface area contributed by atoms with Crippen LogP contribution in [0.5, 0.6) is 0 Å². The Hall–Kier alpha value is -4.45. The molecule has 80 heavy (non-hydrogen) atoms. The highest BCUT2D eigenvalue weighted by Crippen LogP contribution is 2.15. The first-order valence-corrected chi connectivity index (χ1v) is 33.2. The minimum absolute atomic E-state index is 0.0902. The summed E-state index contributed by atoms with van der Waals surface area (Å²) >= 11 is 0. The van der Waals surface area contributed by atoms with Crippen molar-refractivity contribution in [2.45, 2.75) is 303 Å². The van der Waals surface area contributed by atoms with Crippen LogP contribution in [0.1, 0.15) is 297 Å². The van der Waals surface area contributed by atoms with Gasteiger partial charge in [0.05, 0.1) is 0 Å². The van der Waals surface area contributed by atoms with Crippen molar-refractivity contribution in [3.05, 3.63) is 134 Å². The smallest absolute Gasteiger partial charge is 0.306 e. The molecule has 1 atom stereocenters. The summed E-state index contributed by atoms with van der Waals surface area (Å²) in [5, 5.41) is 0. The minimum atomic E-state index is -0.794. The number of hydrogen-bond acceptors (Lipinski definition) is 6. The van der Waals surface area contributed by atoms with E-state index >= 15 is 0 Å². The maximum Gasteiger partial charge on any atom is 0.306 e. The van der Waals surface area contributed by atoms with Crippen molar-refractivity contribution in [2.75, 3.05) is 13.2 Å². The third-order valence-electron chi connectivity index (χ3n) is 13.9. The molecule has 6 nitrogen and oxygen atoms in total. The number of hydrogen-bond donors (Lipinski definition) is 0. The lowest BCUT2D eigenvalue weighted by atomic mass is 10.1. The first-order valence-electron chi connectivity index (χ1n) is 33.2. The van der Waals surface area contributed by atoms with E-state index < -0.39 is 6.10 Å². The van der Waals surface area contributed by atoms with E-state index in [1.54, 1.807) is 0 Å². The van der Waals surface area contributed by atoms with Crippen molar-refractivity contribution in [2.24, 2.45) is 0 Å². The van der Waals surface area contributed by atoms with Crippen molar-refractivity contribution in [1.82, 2.24) is 0 Å². The van der Waals surface area contributed by atoms with Gasteiger partial charge in [-0.05, 0) is 135 Å². The summed E-state index contributed by atoms with van der Waals surface area (Å²) in [4.78, 5) is 38.2. The predicted octanol–water partition coefficient (Wildman–Crippen LogP) is 22.9. The van der Waals surface area contributed by atoms with E-state index in [-0.39, 0.29) is 31.1 Å². The fourth-order valence-corrected chi connectivity index (χ4v) is 8.88. The van der Waals surface area contributed by atoms with Crippen LogP contribution >= 0.6 is 0 Å². The molecule has 0 heterocycles. The molecule has 6 heteroatoms. The van der Waals surface area contributed by atoms with E-state index in [9.17, 15) is 14.4 Å². The summed E-state index contributed by atoms with van der Waals surface area (Å²) < 4.78 is 16.9. The molecule has 0 bridgehead atoms. The van der Waals surface area contributed by atoms with Gasteiger partial charge in [-0.25, -0.2) is 0 Å². The molecule has 0 spiro atoms. The van der Waals surface area contributed by atoms with Crippen LogP contribution in [-0.4, -0.2) is 37.2 Å². The summed E-state index contributed by atoms with van der Waals surface area (Å²) in [5.41, 5.74) is 0. The van der Waals surface area contributed by atoms with Crippen molar-refractivity contribution in [3.63, 3.8) is 0 Å². The standard InChI is InChI=1S/C74H122O6/c1-4-7-10-13-16-19-22-25-27-28-29-30-31-32-33-34-35-36-37-38-39-40-41-42-43-44-45-46-47-50-52-55-58-61-64-67-73(76)79-70-71(69-78-72(75)66-63-60-57-54-51-48-24-21-18-15-12-9-6-3)80-74(77)68-65-62-59-56-53-49-26-23-20-17-14-11-8-5-2/h7,10,14,16-17,19,21,23-27,29-30,32-33,35-36,38-39,41-42,71H,4-6,8-9,11-13,15,18,20,22,28,31,34,37,40,43-70H2,1-3H3/b10-7-,17-14-,19-16-,24-21-,26-23-,27-25-,30-29-,33-32-,36-35-,39-38-,42-41-. The van der Waals surface area contributed by atoms with E-state index in [2.05, 4.69) is 154 Å². The van der Waals surface area contributed by atoms with Gasteiger partial charge in [-0.1, -0.05) is 276 Å². The molecule has 0 radical (unpaired) electrons. The molecule has 0 aliphatic rings. The maximum absolute atomic E-state index is 12.9.